The summed E-state index contributed by atoms with van der Waals surface area (Å²) >= 11 is 5.88. The minimum atomic E-state index is -0.161. The maximum absolute atomic E-state index is 12.1. The van der Waals surface area contributed by atoms with Gasteiger partial charge in [-0.1, -0.05) is 11.6 Å². The number of amides is 1. The fourth-order valence-corrected chi connectivity index (χ4v) is 2.18. The van der Waals surface area contributed by atoms with E-state index in [2.05, 4.69) is 5.32 Å². The van der Waals surface area contributed by atoms with Crippen LogP contribution in [0.1, 0.15) is 22.8 Å². The molecule has 1 amide bonds. The largest absolute Gasteiger partial charge is 0.320 e. The Labute approximate surface area is 128 Å². The van der Waals surface area contributed by atoms with Gasteiger partial charge < -0.3 is 5.32 Å². The lowest BCUT2D eigenvalue weighted by Gasteiger charge is -2.07. The van der Waals surface area contributed by atoms with Crippen LogP contribution >= 0.6 is 11.6 Å². The van der Waals surface area contributed by atoms with Crippen molar-refractivity contribution in [2.75, 3.05) is 5.32 Å². The molecule has 0 saturated heterocycles. The van der Waals surface area contributed by atoms with Gasteiger partial charge in [0.1, 0.15) is 0 Å². The molecule has 0 fully saturated rings. The van der Waals surface area contributed by atoms with E-state index in [1.165, 1.54) is 6.92 Å². The van der Waals surface area contributed by atoms with Crippen LogP contribution in [-0.2, 0) is 11.3 Å². The average molecular weight is 304 g/mol. The van der Waals surface area contributed by atoms with Crippen LogP contribution in [0.3, 0.4) is 0 Å². The van der Waals surface area contributed by atoms with Crippen molar-refractivity contribution >= 4 is 29.0 Å². The summed E-state index contributed by atoms with van der Waals surface area (Å²) in [7, 11) is 0. The molecule has 2 aromatic rings. The number of hydrogen-bond donors (Lipinski definition) is 1. The number of carbonyl (C=O) groups excluding carboxylic acids is 2. The fourth-order valence-electron chi connectivity index (χ4n) is 1.95. The summed E-state index contributed by atoms with van der Waals surface area (Å²) in [5.41, 5.74) is 2.21. The van der Waals surface area contributed by atoms with Gasteiger partial charge in [-0.05, 0) is 43.7 Å². The van der Waals surface area contributed by atoms with E-state index in [-0.39, 0.29) is 18.2 Å². The summed E-state index contributed by atoms with van der Waals surface area (Å²) in [5.74, 6) is -0.190. The van der Waals surface area contributed by atoms with Crippen LogP contribution < -0.4 is 9.88 Å². The van der Waals surface area contributed by atoms with Crippen LogP contribution in [0, 0.1) is 6.92 Å². The zero-order valence-corrected chi connectivity index (χ0v) is 12.6. The first kappa shape index (κ1) is 15.2. The molecule has 0 unspecified atom stereocenters. The van der Waals surface area contributed by atoms with Gasteiger partial charge in [-0.25, -0.2) is 0 Å². The molecular weight excluding hydrogens is 288 g/mol. The first-order valence-corrected chi connectivity index (χ1v) is 6.89. The van der Waals surface area contributed by atoms with Crippen LogP contribution in [-0.4, -0.2) is 11.7 Å². The minimum absolute atomic E-state index is 0.0293. The van der Waals surface area contributed by atoms with Crippen molar-refractivity contribution in [1.29, 1.82) is 0 Å². The first-order chi connectivity index (χ1) is 9.95. The van der Waals surface area contributed by atoms with Gasteiger partial charge in [-0.3, -0.25) is 9.59 Å². The zero-order chi connectivity index (χ0) is 15.4. The van der Waals surface area contributed by atoms with Crippen molar-refractivity contribution in [3.05, 3.63) is 58.9 Å². The Morgan fingerprint density at radius 1 is 1.29 bits per heavy atom. The van der Waals surface area contributed by atoms with E-state index in [9.17, 15) is 9.59 Å². The molecule has 0 saturated carbocycles. The quantitative estimate of drug-likeness (QED) is 0.697. The number of halogens is 1. The maximum atomic E-state index is 12.1. The molecular formula is C16H16ClN2O2+. The summed E-state index contributed by atoms with van der Waals surface area (Å²) in [6.07, 6.45) is 3.41. The topological polar surface area (TPSA) is 50.0 Å². The first-order valence-electron chi connectivity index (χ1n) is 6.52. The number of carbonyl (C=O) groups is 2. The van der Waals surface area contributed by atoms with Gasteiger partial charge in [0, 0.05) is 16.8 Å². The Morgan fingerprint density at radius 3 is 2.71 bits per heavy atom. The Kier molecular flexibility index (Phi) is 4.70. The number of Topliss-reactive ketones (excluding diaryl/α,β-unsaturated/α-hetero) is 1. The Balaban J connectivity index is 2.08. The van der Waals surface area contributed by atoms with E-state index in [0.29, 0.717) is 10.6 Å². The second kappa shape index (κ2) is 6.50. The normalized spacial score (nSPS) is 10.2. The molecule has 0 aliphatic rings. The predicted molar refractivity (Wildman–Crippen MR) is 81.5 cm³/mol. The molecule has 4 nitrogen and oxygen atoms in total. The van der Waals surface area contributed by atoms with Crippen LogP contribution in [0.15, 0.2) is 42.7 Å². The molecule has 1 heterocycles. The van der Waals surface area contributed by atoms with E-state index in [1.807, 2.05) is 6.92 Å². The molecule has 21 heavy (non-hydrogen) atoms. The van der Waals surface area contributed by atoms with Gasteiger partial charge in [0.25, 0.3) is 5.91 Å². The third-order valence-electron chi connectivity index (χ3n) is 3.05. The minimum Gasteiger partial charge on any atom is -0.320 e. The van der Waals surface area contributed by atoms with Crippen molar-refractivity contribution < 1.29 is 14.2 Å². The maximum Gasteiger partial charge on any atom is 0.290 e. The van der Waals surface area contributed by atoms with Crippen molar-refractivity contribution in [2.24, 2.45) is 0 Å². The lowest BCUT2D eigenvalue weighted by molar-refractivity contribution is -0.684. The number of ketones is 1. The molecule has 2 rings (SSSR count). The summed E-state index contributed by atoms with van der Waals surface area (Å²) in [6, 6.07) is 8.76. The van der Waals surface area contributed by atoms with E-state index in [0.717, 1.165) is 11.3 Å². The lowest BCUT2D eigenvalue weighted by Crippen LogP contribution is -2.40. The highest BCUT2D eigenvalue weighted by atomic mass is 35.5. The zero-order valence-electron chi connectivity index (χ0n) is 11.9. The van der Waals surface area contributed by atoms with Gasteiger partial charge in [0.15, 0.2) is 18.2 Å². The number of benzene rings is 1. The number of pyridine rings is 1. The number of nitrogens with zero attached hydrogens (tertiary/aromatic N) is 1. The molecule has 0 aliphatic carbocycles. The number of nitrogens with one attached hydrogen (secondary N) is 1. The summed E-state index contributed by atoms with van der Waals surface area (Å²) in [6.45, 7) is 3.52. The molecule has 0 spiro atoms. The second-order valence-corrected chi connectivity index (χ2v) is 5.27. The average Bonchev–Trinajstić information content (AvgIpc) is 2.42. The highest BCUT2D eigenvalue weighted by Crippen LogP contribution is 2.19. The summed E-state index contributed by atoms with van der Waals surface area (Å²) in [4.78, 5) is 23.4. The van der Waals surface area contributed by atoms with E-state index in [4.69, 9.17) is 11.6 Å². The molecule has 1 aromatic heterocycles. The van der Waals surface area contributed by atoms with Crippen LogP contribution in [0.4, 0.5) is 5.69 Å². The van der Waals surface area contributed by atoms with Gasteiger partial charge >= 0.3 is 0 Å². The fraction of sp³-hybridized carbons (Fsp3) is 0.188. The Bertz CT molecular complexity index is 698. The molecule has 1 N–H and O–H groups in total. The number of rotatable bonds is 4. The number of aryl methyl sites for hydroxylation is 1. The Hall–Kier alpha value is -2.20. The van der Waals surface area contributed by atoms with Gasteiger partial charge in [0.2, 0.25) is 6.54 Å². The summed E-state index contributed by atoms with van der Waals surface area (Å²) in [5, 5.41) is 3.46. The van der Waals surface area contributed by atoms with Gasteiger partial charge in [-0.2, -0.15) is 4.57 Å². The van der Waals surface area contributed by atoms with Crippen molar-refractivity contribution in [2.45, 2.75) is 20.4 Å². The molecule has 0 bridgehead atoms. The second-order valence-electron chi connectivity index (χ2n) is 4.83. The van der Waals surface area contributed by atoms with Crippen molar-refractivity contribution in [1.82, 2.24) is 0 Å². The predicted octanol–water partition coefficient (Wildman–Crippen LogP) is 2.78. The highest BCUT2D eigenvalue weighted by Gasteiger charge is 2.12. The third-order valence-corrected chi connectivity index (χ3v) is 3.29. The highest BCUT2D eigenvalue weighted by molar-refractivity contribution is 6.30. The number of anilines is 1. The Morgan fingerprint density at radius 2 is 2.05 bits per heavy atom. The third kappa shape index (κ3) is 4.13. The van der Waals surface area contributed by atoms with Gasteiger partial charge in [0.05, 0.1) is 5.56 Å². The van der Waals surface area contributed by atoms with E-state index >= 15 is 0 Å². The van der Waals surface area contributed by atoms with Crippen LogP contribution in [0.2, 0.25) is 5.02 Å². The molecule has 0 radical (unpaired) electrons. The molecule has 1 aromatic carbocycles. The van der Waals surface area contributed by atoms with E-state index < -0.39 is 0 Å². The lowest BCUT2D eigenvalue weighted by atomic mass is 10.2. The molecule has 0 aliphatic heterocycles. The SMILES string of the molecule is CC(=O)c1ccc[n+](CC(=O)Nc2ccc(Cl)cc2C)c1. The van der Waals surface area contributed by atoms with Crippen LogP contribution in [0.25, 0.3) is 0 Å². The molecule has 108 valence electrons. The summed E-state index contributed by atoms with van der Waals surface area (Å²) < 4.78 is 1.68. The monoisotopic (exact) mass is 303 g/mol. The molecule has 5 heteroatoms. The van der Waals surface area contributed by atoms with Crippen molar-refractivity contribution in [3.63, 3.8) is 0 Å². The number of hydrogen-bond acceptors (Lipinski definition) is 2. The van der Waals surface area contributed by atoms with Crippen molar-refractivity contribution in [3.8, 4) is 0 Å². The van der Waals surface area contributed by atoms with Crippen LogP contribution in [0.5, 0.6) is 0 Å². The van der Waals surface area contributed by atoms with E-state index in [1.54, 1.807) is 47.3 Å². The van der Waals surface area contributed by atoms with Gasteiger partial charge in [-0.15, -0.1) is 0 Å². The number of aromatic nitrogens is 1. The standard InChI is InChI=1S/C16H15ClN2O2/c1-11-8-14(17)5-6-15(11)18-16(21)10-19-7-3-4-13(9-19)12(2)20/h3-9H,10H2,1-2H3/p+1. The molecule has 0 atom stereocenters. The smallest absolute Gasteiger partial charge is 0.290 e.